The number of hydrogen-bond acceptors (Lipinski definition) is 1. The molecule has 0 N–H and O–H groups in total. The lowest BCUT2D eigenvalue weighted by atomic mass is 10.1. The van der Waals surface area contributed by atoms with E-state index < -0.39 is 11.2 Å². The van der Waals surface area contributed by atoms with Crippen LogP contribution in [0.1, 0.15) is 10.9 Å². The summed E-state index contributed by atoms with van der Waals surface area (Å²) in [6.07, 6.45) is 0. The maximum absolute atomic E-state index is 13.4. The molecule has 0 heterocycles. The summed E-state index contributed by atoms with van der Waals surface area (Å²) < 4.78 is 14.1. The first-order valence-electron chi connectivity index (χ1n) is 4.23. The third-order valence-corrected chi connectivity index (χ3v) is 2.80. The number of likely N-dealkylation sites (N-methyl/N-ethyl adjacent to an activating group) is 1. The van der Waals surface area contributed by atoms with Gasteiger partial charge in [0, 0.05) is 24.1 Å². The van der Waals surface area contributed by atoms with Crippen molar-refractivity contribution in [1.82, 2.24) is 4.90 Å². The van der Waals surface area contributed by atoms with E-state index in [9.17, 15) is 9.18 Å². The first kappa shape index (κ1) is 12.5. The fourth-order valence-corrected chi connectivity index (χ4v) is 1.81. The molecule has 0 saturated heterocycles. The maximum atomic E-state index is 13.4. The van der Waals surface area contributed by atoms with Crippen molar-refractivity contribution >= 4 is 33.4 Å². The molecule has 0 radical (unpaired) electrons. The van der Waals surface area contributed by atoms with Crippen LogP contribution in [-0.4, -0.2) is 24.9 Å². The maximum Gasteiger partial charge on any atom is 0.244 e. The van der Waals surface area contributed by atoms with Crippen molar-refractivity contribution in [3.63, 3.8) is 0 Å². The molecule has 1 atom stereocenters. The van der Waals surface area contributed by atoms with E-state index in [1.54, 1.807) is 20.2 Å². The quantitative estimate of drug-likeness (QED) is 0.768. The Balaban J connectivity index is 3.05. The molecular weight excluding hydrogens is 284 g/mol. The highest BCUT2D eigenvalue weighted by molar-refractivity contribution is 9.10. The number of rotatable bonds is 2. The van der Waals surface area contributed by atoms with Gasteiger partial charge in [-0.25, -0.2) is 4.39 Å². The van der Waals surface area contributed by atoms with Gasteiger partial charge < -0.3 is 4.90 Å². The minimum Gasteiger partial charge on any atom is -0.347 e. The summed E-state index contributed by atoms with van der Waals surface area (Å²) in [5.74, 6) is -0.818. The summed E-state index contributed by atoms with van der Waals surface area (Å²) in [6.45, 7) is 0. The number of halogens is 3. The SMILES string of the molecule is CN(C)C(=O)C(Cl)c1cc(Br)ccc1F. The van der Waals surface area contributed by atoms with Gasteiger partial charge in [0.2, 0.25) is 5.91 Å². The van der Waals surface area contributed by atoms with Crippen molar-refractivity contribution in [2.24, 2.45) is 0 Å². The molecule has 5 heteroatoms. The van der Waals surface area contributed by atoms with Crippen LogP contribution in [0.3, 0.4) is 0 Å². The third kappa shape index (κ3) is 2.92. The molecular formula is C10H10BrClFNO. The van der Waals surface area contributed by atoms with Crippen LogP contribution in [0.25, 0.3) is 0 Å². The number of alkyl halides is 1. The van der Waals surface area contributed by atoms with E-state index in [2.05, 4.69) is 15.9 Å². The first-order valence-corrected chi connectivity index (χ1v) is 5.46. The molecule has 1 amide bonds. The molecule has 15 heavy (non-hydrogen) atoms. The fourth-order valence-electron chi connectivity index (χ4n) is 1.07. The molecule has 0 spiro atoms. The van der Waals surface area contributed by atoms with Crippen LogP contribution in [-0.2, 0) is 4.79 Å². The number of nitrogens with zero attached hydrogens (tertiary/aromatic N) is 1. The average molecular weight is 295 g/mol. The Morgan fingerprint density at radius 2 is 2.13 bits per heavy atom. The van der Waals surface area contributed by atoms with Crippen molar-refractivity contribution < 1.29 is 9.18 Å². The summed E-state index contributed by atoms with van der Waals surface area (Å²) >= 11 is 9.08. The lowest BCUT2D eigenvalue weighted by Crippen LogP contribution is -2.26. The number of amides is 1. The van der Waals surface area contributed by atoms with Gasteiger partial charge in [0.25, 0.3) is 0 Å². The summed E-state index contributed by atoms with van der Waals surface area (Å²) in [6, 6.07) is 4.34. The molecule has 2 nitrogen and oxygen atoms in total. The van der Waals surface area contributed by atoms with Crippen molar-refractivity contribution in [2.45, 2.75) is 5.38 Å². The van der Waals surface area contributed by atoms with E-state index in [-0.39, 0.29) is 11.5 Å². The predicted molar refractivity (Wildman–Crippen MR) is 61.4 cm³/mol. The predicted octanol–water partition coefficient (Wildman–Crippen LogP) is 2.96. The van der Waals surface area contributed by atoms with Crippen molar-refractivity contribution in [3.05, 3.63) is 34.1 Å². The number of carbonyl (C=O) groups is 1. The summed E-state index contributed by atoms with van der Waals surface area (Å²) in [4.78, 5) is 12.9. The Morgan fingerprint density at radius 1 is 1.53 bits per heavy atom. The number of hydrogen-bond donors (Lipinski definition) is 0. The highest BCUT2D eigenvalue weighted by Crippen LogP contribution is 2.27. The van der Waals surface area contributed by atoms with Crippen molar-refractivity contribution in [1.29, 1.82) is 0 Å². The van der Waals surface area contributed by atoms with Gasteiger partial charge in [0.1, 0.15) is 11.2 Å². The molecule has 1 unspecified atom stereocenters. The second-order valence-electron chi connectivity index (χ2n) is 3.26. The van der Waals surface area contributed by atoms with Gasteiger partial charge in [-0.2, -0.15) is 0 Å². The third-order valence-electron chi connectivity index (χ3n) is 1.89. The Labute approximate surface area is 101 Å². The summed E-state index contributed by atoms with van der Waals surface area (Å²) in [7, 11) is 3.15. The Hall–Kier alpha value is -0.610. The van der Waals surface area contributed by atoms with Gasteiger partial charge in [0.05, 0.1) is 0 Å². The topological polar surface area (TPSA) is 20.3 Å². The molecule has 0 fully saturated rings. The van der Waals surface area contributed by atoms with Gasteiger partial charge in [-0.1, -0.05) is 15.9 Å². The van der Waals surface area contributed by atoms with Crippen LogP contribution in [0.2, 0.25) is 0 Å². The minimum atomic E-state index is -0.988. The zero-order valence-corrected chi connectivity index (χ0v) is 10.6. The molecule has 1 aromatic rings. The van der Waals surface area contributed by atoms with Crippen LogP contribution >= 0.6 is 27.5 Å². The van der Waals surface area contributed by atoms with Crippen LogP contribution < -0.4 is 0 Å². The van der Waals surface area contributed by atoms with E-state index in [4.69, 9.17) is 11.6 Å². The van der Waals surface area contributed by atoms with E-state index in [0.717, 1.165) is 0 Å². The largest absolute Gasteiger partial charge is 0.347 e. The van der Waals surface area contributed by atoms with Gasteiger partial charge in [-0.15, -0.1) is 11.6 Å². The summed E-state index contributed by atoms with van der Waals surface area (Å²) in [5.41, 5.74) is 0.185. The molecule has 0 aliphatic rings. The molecule has 0 aromatic heterocycles. The number of benzene rings is 1. The molecule has 82 valence electrons. The van der Waals surface area contributed by atoms with E-state index >= 15 is 0 Å². The summed E-state index contributed by atoms with van der Waals surface area (Å²) in [5, 5.41) is -0.988. The second-order valence-corrected chi connectivity index (χ2v) is 4.61. The van der Waals surface area contributed by atoms with Crippen LogP contribution in [0.15, 0.2) is 22.7 Å². The highest BCUT2D eigenvalue weighted by Gasteiger charge is 2.22. The molecule has 1 aromatic carbocycles. The molecule has 0 bridgehead atoms. The second kappa shape index (κ2) is 4.94. The Bertz CT molecular complexity index is 384. The van der Waals surface area contributed by atoms with Gasteiger partial charge in [-0.3, -0.25) is 4.79 Å². The molecule has 0 aliphatic heterocycles. The zero-order valence-electron chi connectivity index (χ0n) is 8.30. The normalized spacial score (nSPS) is 12.3. The molecule has 0 aliphatic carbocycles. The monoisotopic (exact) mass is 293 g/mol. The lowest BCUT2D eigenvalue weighted by Gasteiger charge is -2.16. The molecule has 1 rings (SSSR count). The fraction of sp³-hybridized carbons (Fsp3) is 0.300. The minimum absolute atomic E-state index is 0.185. The standard InChI is InChI=1S/C10H10BrClFNO/c1-14(2)10(15)9(12)7-5-6(11)3-4-8(7)13/h3-5,9H,1-2H3. The van der Waals surface area contributed by atoms with Crippen LogP contribution in [0.5, 0.6) is 0 Å². The van der Waals surface area contributed by atoms with E-state index in [0.29, 0.717) is 4.47 Å². The van der Waals surface area contributed by atoms with E-state index in [1.807, 2.05) is 0 Å². The van der Waals surface area contributed by atoms with Crippen molar-refractivity contribution in [2.75, 3.05) is 14.1 Å². The van der Waals surface area contributed by atoms with Crippen LogP contribution in [0, 0.1) is 5.82 Å². The highest BCUT2D eigenvalue weighted by atomic mass is 79.9. The van der Waals surface area contributed by atoms with E-state index in [1.165, 1.54) is 17.0 Å². The zero-order chi connectivity index (χ0) is 11.6. The lowest BCUT2D eigenvalue weighted by molar-refractivity contribution is -0.128. The van der Waals surface area contributed by atoms with Gasteiger partial charge in [0.15, 0.2) is 0 Å². The Kier molecular flexibility index (Phi) is 4.11. The van der Waals surface area contributed by atoms with Gasteiger partial charge >= 0.3 is 0 Å². The average Bonchev–Trinajstić information content (AvgIpc) is 2.19. The first-order chi connectivity index (χ1) is 6.93. The van der Waals surface area contributed by atoms with Crippen molar-refractivity contribution in [3.8, 4) is 0 Å². The molecule has 0 saturated carbocycles. The van der Waals surface area contributed by atoms with Crippen LogP contribution in [0.4, 0.5) is 4.39 Å². The van der Waals surface area contributed by atoms with Gasteiger partial charge in [-0.05, 0) is 18.2 Å². The number of carbonyl (C=O) groups excluding carboxylic acids is 1. The smallest absolute Gasteiger partial charge is 0.244 e. The Morgan fingerprint density at radius 3 is 2.67 bits per heavy atom.